The maximum absolute atomic E-state index is 10.7. The molecule has 1 heterocycles. The number of rotatable bonds is 4. The Morgan fingerprint density at radius 2 is 1.81 bits per heavy atom. The molecule has 1 saturated heterocycles. The lowest BCUT2D eigenvalue weighted by atomic mass is 10.2. The number of carboxylic acid groups (broad SMARTS) is 1. The highest BCUT2D eigenvalue weighted by Gasteiger charge is 2.27. The quantitative estimate of drug-likeness (QED) is 0.725. The van der Waals surface area contributed by atoms with E-state index < -0.39 is 12.3 Å². The van der Waals surface area contributed by atoms with Crippen molar-refractivity contribution in [2.75, 3.05) is 20.3 Å². The van der Waals surface area contributed by atoms with Gasteiger partial charge in [0.05, 0.1) is 19.3 Å². The lowest BCUT2D eigenvalue weighted by molar-refractivity contribution is -0.0341. The zero-order valence-corrected chi connectivity index (χ0v) is 8.88. The van der Waals surface area contributed by atoms with Gasteiger partial charge in [-0.2, -0.15) is 0 Å². The SMILES string of the molecule is COC(=O)OC[C@@H]1CC[C@@H](COC(=O)O)O1. The van der Waals surface area contributed by atoms with E-state index in [1.54, 1.807) is 0 Å². The average Bonchev–Trinajstić information content (AvgIpc) is 2.71. The van der Waals surface area contributed by atoms with Crippen molar-refractivity contribution < 1.29 is 33.6 Å². The van der Waals surface area contributed by atoms with Gasteiger partial charge in [0, 0.05) is 0 Å². The molecule has 0 aliphatic carbocycles. The summed E-state index contributed by atoms with van der Waals surface area (Å²) in [6.07, 6.45) is -1.18. The molecule has 1 fully saturated rings. The van der Waals surface area contributed by atoms with Gasteiger partial charge >= 0.3 is 12.3 Å². The normalized spacial score (nSPS) is 23.8. The molecule has 0 bridgehead atoms. The smallest absolute Gasteiger partial charge is 0.450 e. The Morgan fingerprint density at radius 1 is 1.25 bits per heavy atom. The summed E-state index contributed by atoms with van der Waals surface area (Å²) in [6, 6.07) is 0. The fourth-order valence-electron chi connectivity index (χ4n) is 1.41. The zero-order valence-electron chi connectivity index (χ0n) is 8.88. The van der Waals surface area contributed by atoms with Gasteiger partial charge in [0.15, 0.2) is 0 Å². The maximum atomic E-state index is 10.7. The van der Waals surface area contributed by atoms with E-state index in [0.717, 1.165) is 0 Å². The first kappa shape index (κ1) is 12.6. The largest absolute Gasteiger partial charge is 0.508 e. The highest BCUT2D eigenvalue weighted by atomic mass is 16.7. The Balaban J connectivity index is 2.14. The average molecular weight is 234 g/mol. The molecule has 1 N–H and O–H groups in total. The van der Waals surface area contributed by atoms with Crippen LogP contribution in [0, 0.1) is 0 Å². The van der Waals surface area contributed by atoms with E-state index in [4.69, 9.17) is 14.6 Å². The molecule has 0 amide bonds. The molecule has 0 radical (unpaired) electrons. The molecular weight excluding hydrogens is 220 g/mol. The minimum absolute atomic E-state index is 0.00403. The van der Waals surface area contributed by atoms with Crippen LogP contribution in [0.2, 0.25) is 0 Å². The summed E-state index contributed by atoms with van der Waals surface area (Å²) in [6.45, 7) is 0.111. The Hall–Kier alpha value is -1.50. The predicted molar refractivity (Wildman–Crippen MR) is 50.2 cm³/mol. The van der Waals surface area contributed by atoms with Gasteiger partial charge in [-0.1, -0.05) is 0 Å². The number of hydrogen-bond donors (Lipinski definition) is 1. The summed E-state index contributed by atoms with van der Waals surface area (Å²) in [7, 11) is 1.22. The summed E-state index contributed by atoms with van der Waals surface area (Å²) in [5.41, 5.74) is 0. The van der Waals surface area contributed by atoms with E-state index in [0.29, 0.717) is 12.8 Å². The van der Waals surface area contributed by atoms with Gasteiger partial charge in [-0.3, -0.25) is 0 Å². The summed E-state index contributed by atoms with van der Waals surface area (Å²) in [5, 5.41) is 8.28. The molecule has 92 valence electrons. The first-order valence-electron chi connectivity index (χ1n) is 4.83. The monoisotopic (exact) mass is 234 g/mol. The van der Waals surface area contributed by atoms with Crippen molar-refractivity contribution in [1.82, 2.24) is 0 Å². The molecule has 1 aliphatic rings. The third-order valence-corrected chi connectivity index (χ3v) is 2.14. The van der Waals surface area contributed by atoms with E-state index in [1.807, 2.05) is 0 Å². The molecule has 0 unspecified atom stereocenters. The lowest BCUT2D eigenvalue weighted by Gasteiger charge is -2.12. The molecule has 7 heteroatoms. The van der Waals surface area contributed by atoms with E-state index in [9.17, 15) is 9.59 Å². The van der Waals surface area contributed by atoms with E-state index in [2.05, 4.69) is 9.47 Å². The van der Waals surface area contributed by atoms with E-state index in [1.165, 1.54) is 7.11 Å². The van der Waals surface area contributed by atoms with Crippen molar-refractivity contribution in [3.05, 3.63) is 0 Å². The first-order chi connectivity index (χ1) is 7.61. The summed E-state index contributed by atoms with van der Waals surface area (Å²) in [5.74, 6) is 0. The van der Waals surface area contributed by atoms with Crippen LogP contribution in [0.25, 0.3) is 0 Å². The van der Waals surface area contributed by atoms with Crippen LogP contribution in [0.4, 0.5) is 9.59 Å². The fraction of sp³-hybridized carbons (Fsp3) is 0.778. The van der Waals surface area contributed by atoms with Crippen LogP contribution in [0.5, 0.6) is 0 Å². The van der Waals surface area contributed by atoms with Crippen LogP contribution < -0.4 is 0 Å². The molecule has 0 aromatic rings. The molecule has 0 aromatic carbocycles. The fourth-order valence-corrected chi connectivity index (χ4v) is 1.41. The molecule has 2 atom stereocenters. The van der Waals surface area contributed by atoms with Gasteiger partial charge in [-0.15, -0.1) is 0 Å². The molecule has 7 nitrogen and oxygen atoms in total. The van der Waals surface area contributed by atoms with Crippen molar-refractivity contribution in [3.63, 3.8) is 0 Å². The summed E-state index contributed by atoms with van der Waals surface area (Å²) >= 11 is 0. The number of hydrogen-bond acceptors (Lipinski definition) is 6. The number of carbonyl (C=O) groups excluding carboxylic acids is 1. The van der Waals surface area contributed by atoms with Crippen LogP contribution in [0.3, 0.4) is 0 Å². The van der Waals surface area contributed by atoms with Gasteiger partial charge < -0.3 is 24.1 Å². The minimum Gasteiger partial charge on any atom is -0.450 e. The standard InChI is InChI=1S/C9H14O7/c1-13-9(12)15-5-7-3-2-6(16-7)4-14-8(10)11/h6-7H,2-5H2,1H3,(H,10,11)/t6-,7-/m0/s1. The third-order valence-electron chi connectivity index (χ3n) is 2.14. The molecule has 0 spiro atoms. The number of ether oxygens (including phenoxy) is 4. The van der Waals surface area contributed by atoms with Crippen LogP contribution in [0.1, 0.15) is 12.8 Å². The number of carbonyl (C=O) groups is 2. The number of methoxy groups -OCH3 is 1. The van der Waals surface area contributed by atoms with Crippen LogP contribution in [-0.2, 0) is 18.9 Å². The molecule has 1 aliphatic heterocycles. The van der Waals surface area contributed by atoms with Gasteiger partial charge in [0.25, 0.3) is 0 Å². The molecule has 0 aromatic heterocycles. The Bertz CT molecular complexity index is 252. The predicted octanol–water partition coefficient (Wildman–Crippen LogP) is 1.01. The zero-order chi connectivity index (χ0) is 12.0. The van der Waals surface area contributed by atoms with Crippen molar-refractivity contribution in [2.24, 2.45) is 0 Å². The lowest BCUT2D eigenvalue weighted by Crippen LogP contribution is -2.22. The van der Waals surface area contributed by atoms with Crippen LogP contribution >= 0.6 is 0 Å². The highest BCUT2D eigenvalue weighted by Crippen LogP contribution is 2.20. The topological polar surface area (TPSA) is 91.3 Å². The van der Waals surface area contributed by atoms with Gasteiger partial charge in [-0.25, -0.2) is 9.59 Å². The maximum Gasteiger partial charge on any atom is 0.508 e. The molecular formula is C9H14O7. The van der Waals surface area contributed by atoms with Gasteiger partial charge in [-0.05, 0) is 12.8 Å². The second-order valence-electron chi connectivity index (χ2n) is 3.30. The van der Waals surface area contributed by atoms with Crippen LogP contribution in [0.15, 0.2) is 0 Å². The van der Waals surface area contributed by atoms with Gasteiger partial charge in [0.2, 0.25) is 0 Å². The molecule has 16 heavy (non-hydrogen) atoms. The van der Waals surface area contributed by atoms with Crippen molar-refractivity contribution in [1.29, 1.82) is 0 Å². The molecule has 0 saturated carbocycles. The minimum atomic E-state index is -1.32. The van der Waals surface area contributed by atoms with Crippen molar-refractivity contribution >= 4 is 12.3 Å². The Labute approximate surface area is 92.2 Å². The van der Waals surface area contributed by atoms with Crippen molar-refractivity contribution in [2.45, 2.75) is 25.0 Å². The second-order valence-corrected chi connectivity index (χ2v) is 3.30. The molecule has 1 rings (SSSR count). The summed E-state index contributed by atoms with van der Waals surface area (Å²) in [4.78, 5) is 20.8. The van der Waals surface area contributed by atoms with Gasteiger partial charge in [0.1, 0.15) is 13.2 Å². The Kier molecular flexibility index (Phi) is 4.84. The first-order valence-corrected chi connectivity index (χ1v) is 4.83. The summed E-state index contributed by atoms with van der Waals surface area (Å²) < 4.78 is 18.8. The van der Waals surface area contributed by atoms with Crippen molar-refractivity contribution in [3.8, 4) is 0 Å². The Morgan fingerprint density at radius 3 is 2.31 bits per heavy atom. The second kappa shape index (κ2) is 6.16. The highest BCUT2D eigenvalue weighted by molar-refractivity contribution is 5.59. The third kappa shape index (κ3) is 4.35. The van der Waals surface area contributed by atoms with E-state index in [-0.39, 0.29) is 25.4 Å². The van der Waals surface area contributed by atoms with E-state index >= 15 is 0 Å². The van der Waals surface area contributed by atoms with Crippen LogP contribution in [-0.4, -0.2) is 49.9 Å².